The minimum Gasteiger partial charge on any atom is -0.482 e. The van der Waals surface area contributed by atoms with Gasteiger partial charge in [0.15, 0.2) is 5.82 Å². The van der Waals surface area contributed by atoms with Crippen LogP contribution in [0.15, 0.2) is 40.6 Å². The van der Waals surface area contributed by atoms with Gasteiger partial charge in [-0.05, 0) is 47.5 Å². The lowest BCUT2D eigenvalue weighted by atomic mass is 9.86. The fraction of sp³-hybridized carbons (Fsp3) is 0.318. The minimum atomic E-state index is -4.93. The Hall–Kier alpha value is -3.05. The van der Waals surface area contributed by atoms with Gasteiger partial charge in [-0.1, -0.05) is 34.4 Å². The third-order valence-corrected chi connectivity index (χ3v) is 6.16. The second-order valence-corrected chi connectivity index (χ2v) is 8.69. The second-order valence-electron chi connectivity index (χ2n) is 7.88. The van der Waals surface area contributed by atoms with Crippen LogP contribution in [-0.2, 0) is 20.0 Å². The first kappa shape index (κ1) is 25.1. The highest BCUT2D eigenvalue weighted by Crippen LogP contribution is 2.50. The topological polar surface area (TPSA) is 81.5 Å². The molecule has 0 fully saturated rings. The van der Waals surface area contributed by atoms with E-state index in [0.717, 1.165) is 12.1 Å². The molecule has 35 heavy (non-hydrogen) atoms. The van der Waals surface area contributed by atoms with Crippen molar-refractivity contribution >= 4 is 40.7 Å². The number of methoxy groups -OCH3 is 1. The van der Waals surface area contributed by atoms with E-state index >= 15 is 0 Å². The summed E-state index contributed by atoms with van der Waals surface area (Å²) in [6.45, 7) is 1.62. The zero-order valence-corrected chi connectivity index (χ0v) is 19.7. The average molecular weight is 534 g/mol. The third-order valence-electron chi connectivity index (χ3n) is 5.61. The van der Waals surface area contributed by atoms with Gasteiger partial charge in [0.05, 0.1) is 29.3 Å². The molecule has 13 heteroatoms. The molecule has 0 aromatic heterocycles. The van der Waals surface area contributed by atoms with Crippen LogP contribution in [-0.4, -0.2) is 37.0 Å². The molecule has 0 saturated carbocycles. The van der Waals surface area contributed by atoms with E-state index in [1.807, 2.05) is 0 Å². The highest BCUT2D eigenvalue weighted by Gasteiger charge is 2.62. The molecule has 1 amide bonds. The summed E-state index contributed by atoms with van der Waals surface area (Å²) in [5.41, 5.74) is -2.35. The maximum absolute atomic E-state index is 14.2. The lowest BCUT2D eigenvalue weighted by molar-refractivity contribution is -0.275. The summed E-state index contributed by atoms with van der Waals surface area (Å²) in [5.74, 6) is -1.17. The summed E-state index contributed by atoms with van der Waals surface area (Å²) >= 11 is 11.5. The molecule has 0 spiro atoms. The Bertz CT molecular complexity index is 1230. The summed E-state index contributed by atoms with van der Waals surface area (Å²) in [5, 5.41) is 8.83. The molecular formula is C22H17Cl2F4N3O4. The molecule has 1 N–H and O–H groups in total. The maximum Gasteiger partial charge on any atom is 0.435 e. The van der Waals surface area contributed by atoms with Crippen LogP contribution in [0.25, 0.3) is 0 Å². The number of hydrogen-bond acceptors (Lipinski definition) is 6. The summed E-state index contributed by atoms with van der Waals surface area (Å²) < 4.78 is 61.3. The monoisotopic (exact) mass is 533 g/mol. The van der Waals surface area contributed by atoms with Crippen molar-refractivity contribution in [1.82, 2.24) is 5.32 Å². The molecule has 0 aliphatic carbocycles. The Morgan fingerprint density at radius 3 is 2.46 bits per heavy atom. The predicted octanol–water partition coefficient (Wildman–Crippen LogP) is 5.46. The smallest absolute Gasteiger partial charge is 0.435 e. The zero-order valence-electron chi connectivity index (χ0n) is 18.2. The Kier molecular flexibility index (Phi) is 6.58. The summed E-state index contributed by atoms with van der Waals surface area (Å²) in [6.07, 6.45) is -6.09. The molecule has 2 aliphatic heterocycles. The molecule has 2 aromatic rings. The number of aryl methyl sites for hydroxylation is 1. The van der Waals surface area contributed by atoms with Crippen LogP contribution in [0, 0.1) is 12.7 Å². The van der Waals surface area contributed by atoms with Gasteiger partial charge in [0.1, 0.15) is 0 Å². The molecule has 2 unspecified atom stereocenters. The van der Waals surface area contributed by atoms with E-state index in [0.29, 0.717) is 17.0 Å². The molecule has 0 saturated heterocycles. The van der Waals surface area contributed by atoms with Gasteiger partial charge in [-0.15, -0.1) is 0 Å². The van der Waals surface area contributed by atoms with Gasteiger partial charge < -0.3 is 19.7 Å². The normalized spacial score (nSPS) is 21.7. The zero-order chi connectivity index (χ0) is 25.5. The van der Waals surface area contributed by atoms with Gasteiger partial charge >= 0.3 is 6.18 Å². The lowest BCUT2D eigenvalue weighted by Gasteiger charge is -2.29. The van der Waals surface area contributed by atoms with E-state index in [1.54, 1.807) is 6.92 Å². The van der Waals surface area contributed by atoms with E-state index in [9.17, 15) is 22.4 Å². The average Bonchev–Trinajstić information content (AvgIpc) is 3.44. The number of hydrogen-bond donors (Lipinski definition) is 1. The standard InChI is InChI=1S/C22H17Cl2F4N3O4/c1-10-5-11(3-4-13(10)20(32)29-17-8-18(33-2)31-34-17)16-9-21(35-30-16,22(26,27)28)12-6-14(23)19(25)15(24)7-12/h3-7,17H,8-9H2,1-2H3,(H,29,32). The molecule has 2 atom stereocenters. The highest BCUT2D eigenvalue weighted by molar-refractivity contribution is 6.35. The van der Waals surface area contributed by atoms with Crippen LogP contribution >= 0.6 is 23.2 Å². The Morgan fingerprint density at radius 2 is 1.89 bits per heavy atom. The summed E-state index contributed by atoms with van der Waals surface area (Å²) in [7, 11) is 1.43. The van der Waals surface area contributed by atoms with Crippen molar-refractivity contribution in [3.63, 3.8) is 0 Å². The van der Waals surface area contributed by atoms with Gasteiger partial charge in [0, 0.05) is 17.5 Å². The number of halogens is 6. The number of nitrogens with one attached hydrogen (secondary N) is 1. The number of carbonyl (C=O) groups excluding carboxylic acids is 1. The molecular weight excluding hydrogens is 517 g/mol. The quantitative estimate of drug-likeness (QED) is 0.418. The first-order valence-electron chi connectivity index (χ1n) is 10.1. The molecule has 2 aliphatic rings. The van der Waals surface area contributed by atoms with Gasteiger partial charge in [-0.3, -0.25) is 4.79 Å². The number of benzene rings is 2. The number of ether oxygens (including phenoxy) is 1. The molecule has 7 nitrogen and oxygen atoms in total. The first-order chi connectivity index (χ1) is 16.4. The van der Waals surface area contributed by atoms with Crippen LogP contribution < -0.4 is 5.32 Å². The fourth-order valence-corrected chi connectivity index (χ4v) is 4.21. The van der Waals surface area contributed by atoms with E-state index in [-0.39, 0.29) is 17.7 Å². The maximum atomic E-state index is 14.2. The number of rotatable bonds is 4. The van der Waals surface area contributed by atoms with Crippen LogP contribution in [0.5, 0.6) is 0 Å². The van der Waals surface area contributed by atoms with Crippen LogP contribution in [0.3, 0.4) is 0 Å². The lowest BCUT2D eigenvalue weighted by Crippen LogP contribution is -2.42. The van der Waals surface area contributed by atoms with E-state index in [1.165, 1.54) is 25.3 Å². The highest BCUT2D eigenvalue weighted by atomic mass is 35.5. The van der Waals surface area contributed by atoms with Crippen LogP contribution in [0.4, 0.5) is 17.6 Å². The molecule has 4 rings (SSSR count). The van der Waals surface area contributed by atoms with Gasteiger partial charge in [0.2, 0.25) is 12.1 Å². The van der Waals surface area contributed by atoms with Gasteiger partial charge in [-0.2, -0.15) is 13.2 Å². The Balaban J connectivity index is 1.56. The first-order valence-corrected chi connectivity index (χ1v) is 10.9. The van der Waals surface area contributed by atoms with E-state index < -0.39 is 51.8 Å². The SMILES string of the molecule is COC1=NOC(NC(=O)c2ccc(C3=NOC(c4cc(Cl)c(F)c(Cl)c4)(C(F)(F)F)C3)cc2C)C1. The summed E-state index contributed by atoms with van der Waals surface area (Å²) in [6, 6.07) is 6.05. The largest absolute Gasteiger partial charge is 0.482 e. The van der Waals surface area contributed by atoms with Crippen LogP contribution in [0.1, 0.15) is 39.9 Å². The Labute approximate surface area is 206 Å². The van der Waals surface area contributed by atoms with Crippen molar-refractivity contribution in [3.05, 3.63) is 68.4 Å². The van der Waals surface area contributed by atoms with E-state index in [4.69, 9.17) is 37.6 Å². The van der Waals surface area contributed by atoms with Crippen molar-refractivity contribution in [2.45, 2.75) is 37.8 Å². The second kappa shape index (κ2) is 9.19. The predicted molar refractivity (Wildman–Crippen MR) is 119 cm³/mol. The minimum absolute atomic E-state index is 0.0220. The molecule has 2 aromatic carbocycles. The third kappa shape index (κ3) is 4.62. The van der Waals surface area contributed by atoms with Crippen molar-refractivity contribution in [2.75, 3.05) is 7.11 Å². The molecule has 186 valence electrons. The number of nitrogens with zero attached hydrogens (tertiary/aromatic N) is 2. The fourth-order valence-electron chi connectivity index (χ4n) is 3.72. The molecule has 0 bridgehead atoms. The van der Waals surface area contributed by atoms with Crippen molar-refractivity contribution in [3.8, 4) is 0 Å². The number of carbonyl (C=O) groups is 1. The van der Waals surface area contributed by atoms with Crippen molar-refractivity contribution in [2.24, 2.45) is 10.3 Å². The molecule has 0 radical (unpaired) electrons. The van der Waals surface area contributed by atoms with Crippen LogP contribution in [0.2, 0.25) is 10.0 Å². The Morgan fingerprint density at radius 1 is 1.20 bits per heavy atom. The molecule has 2 heterocycles. The number of amides is 1. The summed E-state index contributed by atoms with van der Waals surface area (Å²) in [4.78, 5) is 22.6. The van der Waals surface area contributed by atoms with Crippen molar-refractivity contribution in [1.29, 1.82) is 0 Å². The van der Waals surface area contributed by atoms with Crippen molar-refractivity contribution < 1.29 is 36.8 Å². The van der Waals surface area contributed by atoms with Gasteiger partial charge in [-0.25, -0.2) is 4.39 Å². The number of oxime groups is 2. The van der Waals surface area contributed by atoms with Gasteiger partial charge in [0.25, 0.3) is 11.5 Å². The number of alkyl halides is 3. The van der Waals surface area contributed by atoms with E-state index in [2.05, 4.69) is 15.6 Å².